The Labute approximate surface area is 121 Å². The lowest BCUT2D eigenvalue weighted by Gasteiger charge is -2.34. The minimum absolute atomic E-state index is 0.0539. The average molecular weight is 276 g/mol. The van der Waals surface area contributed by atoms with Crippen LogP contribution in [0.4, 0.5) is 0 Å². The Balaban J connectivity index is 2.10. The van der Waals surface area contributed by atoms with Gasteiger partial charge in [0.1, 0.15) is 5.75 Å². The van der Waals surface area contributed by atoms with Crippen molar-refractivity contribution in [2.75, 3.05) is 26.2 Å². The van der Waals surface area contributed by atoms with Gasteiger partial charge in [0.15, 0.2) is 5.60 Å². The molecule has 0 unspecified atom stereocenters. The number of carbonyl (C=O) groups excluding carboxylic acids is 1. The molecule has 1 saturated heterocycles. The number of piperazine rings is 1. The smallest absolute Gasteiger partial charge is 0.266 e. The Morgan fingerprint density at radius 1 is 1.15 bits per heavy atom. The van der Waals surface area contributed by atoms with Gasteiger partial charge in [-0.25, -0.2) is 0 Å². The second-order valence-corrected chi connectivity index (χ2v) is 5.98. The molecule has 1 amide bonds. The number of nitrogens with one attached hydrogen (secondary N) is 1. The van der Waals surface area contributed by atoms with Gasteiger partial charge in [-0.05, 0) is 51.0 Å². The maximum Gasteiger partial charge on any atom is 0.266 e. The van der Waals surface area contributed by atoms with E-state index in [1.165, 1.54) is 0 Å². The molecule has 4 nitrogen and oxygen atoms in total. The minimum Gasteiger partial charge on any atom is -0.478 e. The summed E-state index contributed by atoms with van der Waals surface area (Å²) in [5.41, 5.74) is 1.45. The van der Waals surface area contributed by atoms with E-state index < -0.39 is 5.60 Å². The third-order valence-electron chi connectivity index (χ3n) is 3.49. The summed E-state index contributed by atoms with van der Waals surface area (Å²) in [6.45, 7) is 11.0. The first kappa shape index (κ1) is 14.9. The van der Waals surface area contributed by atoms with Gasteiger partial charge in [-0.2, -0.15) is 0 Å². The van der Waals surface area contributed by atoms with Crippen molar-refractivity contribution < 1.29 is 9.53 Å². The molecule has 0 aromatic heterocycles. The fourth-order valence-electron chi connectivity index (χ4n) is 2.58. The predicted molar refractivity (Wildman–Crippen MR) is 80.1 cm³/mol. The van der Waals surface area contributed by atoms with Crippen LogP contribution in [0.1, 0.15) is 25.0 Å². The van der Waals surface area contributed by atoms with Gasteiger partial charge in [-0.3, -0.25) is 4.79 Å². The van der Waals surface area contributed by atoms with E-state index in [-0.39, 0.29) is 5.91 Å². The van der Waals surface area contributed by atoms with Crippen LogP contribution in [0.2, 0.25) is 0 Å². The van der Waals surface area contributed by atoms with Crippen molar-refractivity contribution in [1.29, 1.82) is 0 Å². The zero-order chi connectivity index (χ0) is 14.8. The van der Waals surface area contributed by atoms with Crippen LogP contribution in [-0.4, -0.2) is 42.6 Å². The molecule has 2 rings (SSSR count). The topological polar surface area (TPSA) is 41.6 Å². The van der Waals surface area contributed by atoms with Crippen LogP contribution in [0.5, 0.6) is 5.75 Å². The summed E-state index contributed by atoms with van der Waals surface area (Å²) in [5.74, 6) is 0.814. The van der Waals surface area contributed by atoms with Gasteiger partial charge in [0.05, 0.1) is 0 Å². The van der Waals surface area contributed by atoms with Gasteiger partial charge in [0, 0.05) is 26.2 Å². The Bertz CT molecular complexity index is 471. The SMILES string of the molecule is Cc1cc(C)cc(OC(C)(C)C(=O)N2CCNCC2)c1. The van der Waals surface area contributed by atoms with Crippen LogP contribution < -0.4 is 10.1 Å². The fraction of sp³-hybridized carbons (Fsp3) is 0.562. The third-order valence-corrected chi connectivity index (χ3v) is 3.49. The van der Waals surface area contributed by atoms with E-state index in [0.29, 0.717) is 0 Å². The van der Waals surface area contributed by atoms with Crippen LogP contribution in [0, 0.1) is 13.8 Å². The number of hydrogen-bond donors (Lipinski definition) is 1. The summed E-state index contributed by atoms with van der Waals surface area (Å²) in [6, 6.07) is 6.04. The summed E-state index contributed by atoms with van der Waals surface area (Å²) in [6.07, 6.45) is 0. The molecule has 4 heteroatoms. The molecule has 0 atom stereocenters. The highest BCUT2D eigenvalue weighted by atomic mass is 16.5. The highest BCUT2D eigenvalue weighted by molar-refractivity contribution is 5.85. The van der Waals surface area contributed by atoms with E-state index in [1.54, 1.807) is 0 Å². The van der Waals surface area contributed by atoms with Crippen molar-refractivity contribution in [3.8, 4) is 5.75 Å². The van der Waals surface area contributed by atoms with Crippen molar-refractivity contribution >= 4 is 5.91 Å². The molecule has 20 heavy (non-hydrogen) atoms. The summed E-state index contributed by atoms with van der Waals surface area (Å²) >= 11 is 0. The first-order valence-electron chi connectivity index (χ1n) is 7.16. The Kier molecular flexibility index (Phi) is 4.33. The van der Waals surface area contributed by atoms with E-state index in [4.69, 9.17) is 4.74 Å². The van der Waals surface area contributed by atoms with Crippen molar-refractivity contribution in [3.05, 3.63) is 29.3 Å². The second kappa shape index (κ2) is 5.83. The zero-order valence-electron chi connectivity index (χ0n) is 12.8. The van der Waals surface area contributed by atoms with E-state index in [1.807, 2.05) is 44.7 Å². The molecule has 1 heterocycles. The zero-order valence-corrected chi connectivity index (χ0v) is 12.8. The van der Waals surface area contributed by atoms with Crippen LogP contribution >= 0.6 is 0 Å². The maximum atomic E-state index is 12.6. The molecular weight excluding hydrogens is 252 g/mol. The van der Waals surface area contributed by atoms with Crippen molar-refractivity contribution in [2.45, 2.75) is 33.3 Å². The van der Waals surface area contributed by atoms with Crippen molar-refractivity contribution in [2.24, 2.45) is 0 Å². The molecule has 1 aliphatic rings. The number of rotatable bonds is 3. The van der Waals surface area contributed by atoms with Crippen LogP contribution in [0.25, 0.3) is 0 Å². The summed E-state index contributed by atoms with van der Waals surface area (Å²) in [5, 5.41) is 3.25. The van der Waals surface area contributed by atoms with Crippen LogP contribution in [0.15, 0.2) is 18.2 Å². The number of carbonyl (C=O) groups is 1. The third kappa shape index (κ3) is 3.51. The fourth-order valence-corrected chi connectivity index (χ4v) is 2.58. The Hall–Kier alpha value is -1.55. The van der Waals surface area contributed by atoms with Gasteiger partial charge < -0.3 is 15.0 Å². The number of hydrogen-bond acceptors (Lipinski definition) is 3. The summed E-state index contributed by atoms with van der Waals surface area (Å²) in [4.78, 5) is 14.4. The van der Waals surface area contributed by atoms with E-state index in [0.717, 1.165) is 43.1 Å². The van der Waals surface area contributed by atoms with Gasteiger partial charge in [0.2, 0.25) is 0 Å². The average Bonchev–Trinajstić information content (AvgIpc) is 2.37. The molecule has 0 bridgehead atoms. The number of aryl methyl sites for hydroxylation is 2. The van der Waals surface area contributed by atoms with Crippen molar-refractivity contribution in [1.82, 2.24) is 10.2 Å². The normalized spacial score (nSPS) is 16.1. The summed E-state index contributed by atoms with van der Waals surface area (Å²) in [7, 11) is 0. The number of ether oxygens (including phenoxy) is 1. The molecule has 1 fully saturated rings. The molecule has 0 saturated carbocycles. The van der Waals surface area contributed by atoms with Gasteiger partial charge in [0.25, 0.3) is 5.91 Å². The van der Waals surface area contributed by atoms with Gasteiger partial charge in [-0.15, -0.1) is 0 Å². The van der Waals surface area contributed by atoms with Crippen LogP contribution in [0.3, 0.4) is 0 Å². The Morgan fingerprint density at radius 2 is 1.70 bits per heavy atom. The number of amides is 1. The second-order valence-electron chi connectivity index (χ2n) is 5.98. The van der Waals surface area contributed by atoms with E-state index >= 15 is 0 Å². The number of nitrogens with zero attached hydrogens (tertiary/aromatic N) is 1. The monoisotopic (exact) mass is 276 g/mol. The van der Waals surface area contributed by atoms with E-state index in [2.05, 4.69) is 11.4 Å². The molecule has 0 radical (unpaired) electrons. The highest BCUT2D eigenvalue weighted by Gasteiger charge is 2.34. The van der Waals surface area contributed by atoms with Crippen molar-refractivity contribution in [3.63, 3.8) is 0 Å². The Morgan fingerprint density at radius 3 is 2.25 bits per heavy atom. The molecule has 1 aromatic carbocycles. The van der Waals surface area contributed by atoms with E-state index in [9.17, 15) is 4.79 Å². The quantitative estimate of drug-likeness (QED) is 0.916. The lowest BCUT2D eigenvalue weighted by atomic mass is 10.1. The van der Waals surface area contributed by atoms with Gasteiger partial charge >= 0.3 is 0 Å². The molecular formula is C16H24N2O2. The predicted octanol–water partition coefficient (Wildman–Crippen LogP) is 1.89. The molecule has 0 aliphatic carbocycles. The van der Waals surface area contributed by atoms with Crippen LogP contribution in [-0.2, 0) is 4.79 Å². The lowest BCUT2D eigenvalue weighted by Crippen LogP contribution is -2.54. The first-order chi connectivity index (χ1) is 9.38. The molecule has 1 N–H and O–H groups in total. The molecule has 110 valence electrons. The summed E-state index contributed by atoms with van der Waals surface area (Å²) < 4.78 is 5.97. The molecule has 1 aliphatic heterocycles. The highest BCUT2D eigenvalue weighted by Crippen LogP contribution is 2.23. The number of benzene rings is 1. The largest absolute Gasteiger partial charge is 0.478 e. The standard InChI is InChI=1S/C16H24N2O2/c1-12-9-13(2)11-14(10-12)20-16(3,4)15(19)18-7-5-17-6-8-18/h9-11,17H,5-8H2,1-4H3. The molecule has 1 aromatic rings. The first-order valence-corrected chi connectivity index (χ1v) is 7.16. The maximum absolute atomic E-state index is 12.6. The minimum atomic E-state index is -0.836. The van der Waals surface area contributed by atoms with Gasteiger partial charge in [-0.1, -0.05) is 6.07 Å². The lowest BCUT2D eigenvalue weighted by molar-refractivity contribution is -0.146. The molecule has 0 spiro atoms.